The van der Waals surface area contributed by atoms with Crippen LogP contribution in [0.4, 0.5) is 4.39 Å². The van der Waals surface area contributed by atoms with E-state index in [1.807, 2.05) is 0 Å². The molecule has 3 rings (SSSR count). The van der Waals surface area contributed by atoms with Crippen molar-refractivity contribution in [3.8, 4) is 5.75 Å². The zero-order chi connectivity index (χ0) is 18.0. The van der Waals surface area contributed by atoms with Crippen molar-refractivity contribution in [2.45, 2.75) is 12.6 Å². The van der Waals surface area contributed by atoms with Crippen LogP contribution in [0.15, 0.2) is 40.4 Å². The van der Waals surface area contributed by atoms with Crippen molar-refractivity contribution >= 4 is 27.3 Å². The lowest BCUT2D eigenvalue weighted by Crippen LogP contribution is -2.35. The summed E-state index contributed by atoms with van der Waals surface area (Å²) in [6.45, 7) is -0.115. The standard InChI is InChI=1S/C15H12ClFN2O5S/c16-11-5-9(17)1-2-13(11)23-7-14-19-12(6-24-14)15(20)18-10-3-4-25(21,22)8-10/h1-6,10H,7-8H2,(H,18,20)/t10-/m0/s1. The van der Waals surface area contributed by atoms with Crippen LogP contribution < -0.4 is 10.1 Å². The van der Waals surface area contributed by atoms with E-state index in [2.05, 4.69) is 10.3 Å². The fourth-order valence-corrected chi connectivity index (χ4v) is 3.58. The van der Waals surface area contributed by atoms with Crippen LogP contribution in [0.2, 0.25) is 5.02 Å². The molecule has 0 spiro atoms. The molecule has 0 fully saturated rings. The van der Waals surface area contributed by atoms with E-state index in [0.29, 0.717) is 0 Å². The van der Waals surface area contributed by atoms with E-state index < -0.39 is 27.6 Å². The number of oxazole rings is 1. The highest BCUT2D eigenvalue weighted by atomic mass is 35.5. The lowest BCUT2D eigenvalue weighted by Gasteiger charge is -2.07. The van der Waals surface area contributed by atoms with E-state index in [1.54, 1.807) is 0 Å². The molecule has 132 valence electrons. The monoisotopic (exact) mass is 386 g/mol. The normalized spacial score (nSPS) is 18.2. The van der Waals surface area contributed by atoms with Gasteiger partial charge in [-0.25, -0.2) is 17.8 Å². The Labute approximate surface area is 147 Å². The van der Waals surface area contributed by atoms with Gasteiger partial charge in [-0.15, -0.1) is 0 Å². The summed E-state index contributed by atoms with van der Waals surface area (Å²) >= 11 is 5.83. The fourth-order valence-electron chi connectivity index (χ4n) is 2.12. The molecule has 1 aliphatic heterocycles. The number of nitrogens with zero attached hydrogens (tertiary/aromatic N) is 1. The first-order chi connectivity index (χ1) is 11.8. The molecular formula is C15H12ClFN2O5S. The number of hydrogen-bond acceptors (Lipinski definition) is 6. The molecule has 0 aliphatic carbocycles. The van der Waals surface area contributed by atoms with Gasteiger partial charge in [0.25, 0.3) is 5.91 Å². The number of amides is 1. The van der Waals surface area contributed by atoms with E-state index in [4.69, 9.17) is 20.8 Å². The number of aromatic nitrogens is 1. The van der Waals surface area contributed by atoms with Gasteiger partial charge in [0.05, 0.1) is 16.8 Å². The van der Waals surface area contributed by atoms with Crippen molar-refractivity contribution < 1.29 is 26.8 Å². The van der Waals surface area contributed by atoms with Crippen molar-refractivity contribution in [2.75, 3.05) is 5.75 Å². The maximum Gasteiger partial charge on any atom is 0.273 e. The predicted molar refractivity (Wildman–Crippen MR) is 86.4 cm³/mol. The van der Waals surface area contributed by atoms with Crippen molar-refractivity contribution in [1.82, 2.24) is 10.3 Å². The fraction of sp³-hybridized carbons (Fsp3) is 0.200. The highest BCUT2D eigenvalue weighted by Gasteiger charge is 2.24. The molecule has 0 bridgehead atoms. The summed E-state index contributed by atoms with van der Waals surface area (Å²) in [6, 6.07) is 3.06. The molecule has 7 nitrogen and oxygen atoms in total. The lowest BCUT2D eigenvalue weighted by atomic mass is 10.3. The molecule has 2 aromatic rings. The Kier molecular flexibility index (Phi) is 4.78. The van der Waals surface area contributed by atoms with Crippen LogP contribution in [0.25, 0.3) is 0 Å². The summed E-state index contributed by atoms with van der Waals surface area (Å²) in [7, 11) is -3.26. The third kappa shape index (κ3) is 4.37. The Morgan fingerprint density at radius 1 is 1.48 bits per heavy atom. The minimum Gasteiger partial charge on any atom is -0.482 e. The van der Waals surface area contributed by atoms with Crippen LogP contribution in [-0.4, -0.2) is 31.1 Å². The molecule has 1 aromatic heterocycles. The number of benzene rings is 1. The van der Waals surface area contributed by atoms with Gasteiger partial charge in [-0.3, -0.25) is 4.79 Å². The molecule has 1 amide bonds. The summed E-state index contributed by atoms with van der Waals surface area (Å²) in [4.78, 5) is 16.0. The third-order valence-electron chi connectivity index (χ3n) is 3.28. The molecule has 0 unspecified atom stereocenters. The average molecular weight is 387 g/mol. The maximum absolute atomic E-state index is 13.0. The first-order valence-electron chi connectivity index (χ1n) is 7.06. The van der Waals surface area contributed by atoms with E-state index in [0.717, 1.165) is 17.7 Å². The summed E-state index contributed by atoms with van der Waals surface area (Å²) in [6.07, 6.45) is 2.53. The van der Waals surface area contributed by atoms with Gasteiger partial charge in [-0.2, -0.15) is 0 Å². The van der Waals surface area contributed by atoms with Crippen LogP contribution in [-0.2, 0) is 16.4 Å². The Morgan fingerprint density at radius 3 is 2.96 bits per heavy atom. The van der Waals surface area contributed by atoms with E-state index in [1.165, 1.54) is 18.2 Å². The molecule has 10 heteroatoms. The van der Waals surface area contributed by atoms with Gasteiger partial charge in [0.15, 0.2) is 22.1 Å². The van der Waals surface area contributed by atoms with Crippen molar-refractivity contribution in [2.24, 2.45) is 0 Å². The second-order valence-corrected chi connectivity index (χ2v) is 7.57. The van der Waals surface area contributed by atoms with Gasteiger partial charge in [-0.05, 0) is 24.3 Å². The lowest BCUT2D eigenvalue weighted by molar-refractivity contribution is 0.0942. The number of carbonyl (C=O) groups is 1. The number of ether oxygens (including phenoxy) is 1. The van der Waals surface area contributed by atoms with Gasteiger partial charge in [0, 0.05) is 5.41 Å². The summed E-state index contributed by atoms with van der Waals surface area (Å²) in [5.74, 6) is -0.888. The Balaban J connectivity index is 1.58. The molecule has 1 atom stereocenters. The van der Waals surface area contributed by atoms with Crippen LogP contribution in [0.5, 0.6) is 5.75 Å². The maximum atomic E-state index is 13.0. The SMILES string of the molecule is O=C(N[C@H]1C=CS(=O)(=O)C1)c1coc(COc2ccc(F)cc2Cl)n1. The van der Waals surface area contributed by atoms with Gasteiger partial charge in [0.1, 0.15) is 17.8 Å². The second-order valence-electron chi connectivity index (χ2n) is 5.23. The quantitative estimate of drug-likeness (QED) is 0.844. The first kappa shape index (κ1) is 17.4. The number of rotatable bonds is 5. The highest BCUT2D eigenvalue weighted by Crippen LogP contribution is 2.25. The van der Waals surface area contributed by atoms with E-state index >= 15 is 0 Å². The van der Waals surface area contributed by atoms with Crippen molar-refractivity contribution in [1.29, 1.82) is 0 Å². The summed E-state index contributed by atoms with van der Waals surface area (Å²) in [5.41, 5.74) is -0.0125. The van der Waals surface area contributed by atoms with Gasteiger partial charge < -0.3 is 14.5 Å². The van der Waals surface area contributed by atoms with Gasteiger partial charge in [-0.1, -0.05) is 11.6 Å². The molecule has 0 saturated carbocycles. The number of halogens is 2. The predicted octanol–water partition coefficient (Wildman–Crippen LogP) is 2.09. The molecular weight excluding hydrogens is 375 g/mol. The molecule has 25 heavy (non-hydrogen) atoms. The Hall–Kier alpha value is -2.39. The van der Waals surface area contributed by atoms with Crippen LogP contribution in [0, 0.1) is 5.82 Å². The smallest absolute Gasteiger partial charge is 0.273 e. The highest BCUT2D eigenvalue weighted by molar-refractivity contribution is 7.94. The van der Waals surface area contributed by atoms with Crippen molar-refractivity contribution in [3.63, 3.8) is 0 Å². The Morgan fingerprint density at radius 2 is 2.28 bits per heavy atom. The number of carbonyl (C=O) groups excluding carboxylic acids is 1. The molecule has 2 heterocycles. The average Bonchev–Trinajstić information content (AvgIpc) is 3.13. The number of hydrogen-bond donors (Lipinski definition) is 1. The third-order valence-corrected chi connectivity index (χ3v) is 4.97. The van der Waals surface area contributed by atoms with Crippen LogP contribution >= 0.6 is 11.6 Å². The summed E-state index contributed by atoms with van der Waals surface area (Å²) < 4.78 is 46.1. The van der Waals surface area contributed by atoms with E-state index in [9.17, 15) is 17.6 Å². The zero-order valence-corrected chi connectivity index (χ0v) is 14.2. The van der Waals surface area contributed by atoms with E-state index in [-0.39, 0.29) is 34.7 Å². The zero-order valence-electron chi connectivity index (χ0n) is 12.6. The van der Waals surface area contributed by atoms with Crippen molar-refractivity contribution in [3.05, 3.63) is 58.4 Å². The number of nitrogens with one attached hydrogen (secondary N) is 1. The topological polar surface area (TPSA) is 98.5 Å². The molecule has 0 saturated heterocycles. The van der Waals surface area contributed by atoms with Gasteiger partial charge in [0.2, 0.25) is 5.89 Å². The Bertz CT molecular complexity index is 941. The largest absolute Gasteiger partial charge is 0.482 e. The molecule has 0 radical (unpaired) electrons. The first-order valence-corrected chi connectivity index (χ1v) is 9.16. The van der Waals surface area contributed by atoms with Crippen LogP contribution in [0.3, 0.4) is 0 Å². The minimum absolute atomic E-state index is 0.0125. The minimum atomic E-state index is -3.26. The molecule has 1 N–H and O–H groups in total. The molecule has 1 aromatic carbocycles. The van der Waals surface area contributed by atoms with Gasteiger partial charge >= 0.3 is 0 Å². The van der Waals surface area contributed by atoms with Crippen LogP contribution in [0.1, 0.15) is 16.4 Å². The second kappa shape index (κ2) is 6.85. The summed E-state index contributed by atoms with van der Waals surface area (Å²) in [5, 5.41) is 3.68. The molecule has 1 aliphatic rings. The number of sulfone groups is 1.